The normalized spacial score (nSPS) is 12.6. The smallest absolute Gasteiger partial charge is 0.123 e. The molecule has 18 heavy (non-hydrogen) atoms. The highest BCUT2D eigenvalue weighted by atomic mass is 32.2. The topological polar surface area (TPSA) is 25.2 Å². The summed E-state index contributed by atoms with van der Waals surface area (Å²) in [5.41, 5.74) is 0. The van der Waals surface area contributed by atoms with Gasteiger partial charge in [-0.3, -0.25) is 0 Å². The SMILES string of the molecule is CCNC(CSc1ccc(F)cc1)c1ccco1. The molecule has 0 fully saturated rings. The zero-order valence-electron chi connectivity index (χ0n) is 10.2. The van der Waals surface area contributed by atoms with Crippen LogP contribution in [0.4, 0.5) is 4.39 Å². The molecule has 0 radical (unpaired) electrons. The number of hydrogen-bond acceptors (Lipinski definition) is 3. The van der Waals surface area contributed by atoms with Gasteiger partial charge in [-0.25, -0.2) is 4.39 Å². The van der Waals surface area contributed by atoms with Crippen molar-refractivity contribution in [3.63, 3.8) is 0 Å². The van der Waals surface area contributed by atoms with Crippen molar-refractivity contribution in [2.45, 2.75) is 17.9 Å². The molecule has 0 aliphatic rings. The van der Waals surface area contributed by atoms with E-state index in [0.717, 1.165) is 23.0 Å². The van der Waals surface area contributed by atoms with E-state index in [-0.39, 0.29) is 11.9 Å². The number of halogens is 1. The predicted molar refractivity (Wildman–Crippen MR) is 72.2 cm³/mol. The third-order valence-electron chi connectivity index (χ3n) is 2.57. The van der Waals surface area contributed by atoms with Crippen LogP contribution in [0.25, 0.3) is 0 Å². The van der Waals surface area contributed by atoms with E-state index < -0.39 is 0 Å². The lowest BCUT2D eigenvalue weighted by Gasteiger charge is -2.14. The molecule has 2 aromatic rings. The molecule has 2 nitrogen and oxygen atoms in total. The van der Waals surface area contributed by atoms with Crippen LogP contribution in [-0.2, 0) is 0 Å². The first kappa shape index (κ1) is 13.2. The molecular weight excluding hydrogens is 249 g/mol. The van der Waals surface area contributed by atoms with Crippen LogP contribution < -0.4 is 5.32 Å². The maximum atomic E-state index is 12.8. The van der Waals surface area contributed by atoms with Gasteiger partial charge in [0.25, 0.3) is 0 Å². The summed E-state index contributed by atoms with van der Waals surface area (Å²) in [6, 6.07) is 10.6. The van der Waals surface area contributed by atoms with E-state index in [0.29, 0.717) is 0 Å². The number of hydrogen-bond donors (Lipinski definition) is 1. The van der Waals surface area contributed by atoms with Crippen molar-refractivity contribution in [1.82, 2.24) is 5.32 Å². The lowest BCUT2D eigenvalue weighted by Crippen LogP contribution is -2.22. The van der Waals surface area contributed by atoms with Gasteiger partial charge in [0.05, 0.1) is 12.3 Å². The second-order valence-corrected chi connectivity index (χ2v) is 4.98. The van der Waals surface area contributed by atoms with E-state index in [1.807, 2.05) is 12.1 Å². The molecular formula is C14H16FNOS. The fourth-order valence-electron chi connectivity index (χ4n) is 1.69. The molecule has 0 spiro atoms. The highest BCUT2D eigenvalue weighted by Crippen LogP contribution is 2.25. The number of thioether (sulfide) groups is 1. The minimum absolute atomic E-state index is 0.181. The fraction of sp³-hybridized carbons (Fsp3) is 0.286. The molecule has 0 aliphatic heterocycles. The maximum Gasteiger partial charge on any atom is 0.123 e. The monoisotopic (exact) mass is 265 g/mol. The van der Waals surface area contributed by atoms with Crippen LogP contribution in [-0.4, -0.2) is 12.3 Å². The first-order chi connectivity index (χ1) is 8.79. The van der Waals surface area contributed by atoms with Gasteiger partial charge in [-0.2, -0.15) is 0 Å². The lowest BCUT2D eigenvalue weighted by atomic mass is 10.2. The van der Waals surface area contributed by atoms with Crippen LogP contribution in [0.15, 0.2) is 52.0 Å². The summed E-state index contributed by atoms with van der Waals surface area (Å²) < 4.78 is 18.2. The quantitative estimate of drug-likeness (QED) is 0.803. The van der Waals surface area contributed by atoms with Gasteiger partial charge in [0.2, 0.25) is 0 Å². The Hall–Kier alpha value is -1.26. The summed E-state index contributed by atoms with van der Waals surface area (Å²) in [7, 11) is 0. The number of benzene rings is 1. The van der Waals surface area contributed by atoms with Gasteiger partial charge >= 0.3 is 0 Å². The first-order valence-electron chi connectivity index (χ1n) is 5.94. The van der Waals surface area contributed by atoms with Crippen LogP contribution in [0.5, 0.6) is 0 Å². The van der Waals surface area contributed by atoms with Crippen molar-refractivity contribution in [3.05, 3.63) is 54.2 Å². The van der Waals surface area contributed by atoms with Crippen molar-refractivity contribution >= 4 is 11.8 Å². The molecule has 96 valence electrons. The molecule has 0 bridgehead atoms. The second-order valence-electron chi connectivity index (χ2n) is 3.89. The van der Waals surface area contributed by atoms with Gasteiger partial charge in [-0.15, -0.1) is 11.8 Å². The highest BCUT2D eigenvalue weighted by Gasteiger charge is 2.13. The maximum absolute atomic E-state index is 12.8. The summed E-state index contributed by atoms with van der Waals surface area (Å²) in [4.78, 5) is 1.06. The minimum atomic E-state index is -0.200. The Morgan fingerprint density at radius 1 is 1.28 bits per heavy atom. The highest BCUT2D eigenvalue weighted by molar-refractivity contribution is 7.99. The zero-order valence-corrected chi connectivity index (χ0v) is 11.0. The van der Waals surface area contributed by atoms with E-state index in [1.165, 1.54) is 12.1 Å². The first-order valence-corrected chi connectivity index (χ1v) is 6.93. The zero-order chi connectivity index (χ0) is 12.8. The van der Waals surface area contributed by atoms with Crippen molar-refractivity contribution in [2.75, 3.05) is 12.3 Å². The average molecular weight is 265 g/mol. The van der Waals surface area contributed by atoms with Gasteiger partial charge in [0.15, 0.2) is 0 Å². The van der Waals surface area contributed by atoms with E-state index in [4.69, 9.17) is 4.42 Å². The van der Waals surface area contributed by atoms with Crippen LogP contribution in [0.2, 0.25) is 0 Å². The molecule has 1 atom stereocenters. The molecule has 1 aromatic carbocycles. The second kappa shape index (κ2) is 6.61. The Bertz CT molecular complexity index is 455. The van der Waals surface area contributed by atoms with Crippen molar-refractivity contribution in [2.24, 2.45) is 0 Å². The third-order valence-corrected chi connectivity index (χ3v) is 3.67. The molecule has 2 rings (SSSR count). The summed E-state index contributed by atoms with van der Waals surface area (Å²) in [5.74, 6) is 1.59. The van der Waals surface area contributed by atoms with E-state index in [2.05, 4.69) is 12.2 Å². The van der Waals surface area contributed by atoms with Gasteiger partial charge in [-0.1, -0.05) is 6.92 Å². The Kier molecular flexibility index (Phi) is 4.84. The number of furan rings is 1. The average Bonchev–Trinajstić information content (AvgIpc) is 2.90. The van der Waals surface area contributed by atoms with Crippen molar-refractivity contribution in [1.29, 1.82) is 0 Å². The Morgan fingerprint density at radius 2 is 2.06 bits per heavy atom. The molecule has 0 amide bonds. The Balaban J connectivity index is 1.95. The largest absolute Gasteiger partial charge is 0.468 e. The van der Waals surface area contributed by atoms with Crippen LogP contribution in [0.1, 0.15) is 18.7 Å². The Morgan fingerprint density at radius 3 is 2.67 bits per heavy atom. The van der Waals surface area contributed by atoms with Crippen LogP contribution in [0.3, 0.4) is 0 Å². The van der Waals surface area contributed by atoms with E-state index in [1.54, 1.807) is 30.2 Å². The molecule has 0 saturated carbocycles. The summed E-state index contributed by atoms with van der Waals surface area (Å²) in [6.07, 6.45) is 1.68. The molecule has 0 aliphatic carbocycles. The van der Waals surface area contributed by atoms with Gasteiger partial charge < -0.3 is 9.73 Å². The molecule has 1 aromatic heterocycles. The van der Waals surface area contributed by atoms with Gasteiger partial charge in [-0.05, 0) is 42.9 Å². The lowest BCUT2D eigenvalue weighted by molar-refractivity contribution is 0.441. The molecule has 4 heteroatoms. The summed E-state index contributed by atoms with van der Waals surface area (Å²) in [5, 5.41) is 3.38. The molecule has 1 N–H and O–H groups in total. The minimum Gasteiger partial charge on any atom is -0.468 e. The molecule has 0 saturated heterocycles. The Labute approximate surface area is 111 Å². The molecule has 1 heterocycles. The van der Waals surface area contributed by atoms with Crippen LogP contribution in [0, 0.1) is 5.82 Å². The fourth-order valence-corrected chi connectivity index (χ4v) is 2.66. The van der Waals surface area contributed by atoms with Gasteiger partial charge in [0, 0.05) is 10.6 Å². The number of rotatable bonds is 6. The standard InChI is InChI=1S/C14H16FNOS/c1-2-16-13(14-4-3-9-17-14)10-18-12-7-5-11(15)6-8-12/h3-9,13,16H,2,10H2,1H3. The van der Waals surface area contributed by atoms with E-state index >= 15 is 0 Å². The van der Waals surface area contributed by atoms with Crippen molar-refractivity contribution < 1.29 is 8.81 Å². The van der Waals surface area contributed by atoms with E-state index in [9.17, 15) is 4.39 Å². The van der Waals surface area contributed by atoms with Crippen molar-refractivity contribution in [3.8, 4) is 0 Å². The predicted octanol–water partition coefficient (Wildman–Crippen LogP) is 3.86. The molecule has 1 unspecified atom stereocenters. The summed E-state index contributed by atoms with van der Waals surface area (Å²) >= 11 is 1.69. The third kappa shape index (κ3) is 3.62. The summed E-state index contributed by atoms with van der Waals surface area (Å²) in [6.45, 7) is 2.95. The number of nitrogens with one attached hydrogen (secondary N) is 1. The van der Waals surface area contributed by atoms with Crippen LogP contribution >= 0.6 is 11.8 Å². The van der Waals surface area contributed by atoms with Gasteiger partial charge in [0.1, 0.15) is 11.6 Å².